The van der Waals surface area contributed by atoms with E-state index in [2.05, 4.69) is 23.8 Å². The van der Waals surface area contributed by atoms with Crippen molar-refractivity contribution in [2.24, 2.45) is 11.3 Å². The number of amides is 1. The number of rotatable bonds is 8. The molecule has 0 N–H and O–H groups in total. The van der Waals surface area contributed by atoms with Crippen molar-refractivity contribution in [2.75, 3.05) is 31.6 Å². The van der Waals surface area contributed by atoms with Crippen LogP contribution in [-0.2, 0) is 37.3 Å². The van der Waals surface area contributed by atoms with Gasteiger partial charge in [-0.3, -0.25) is 9.59 Å². The number of carbonyl (C=O) groups excluding carboxylic acids is 2. The molecule has 2 aromatic heterocycles. The van der Waals surface area contributed by atoms with Crippen molar-refractivity contribution in [1.29, 1.82) is 0 Å². The number of hydrogen-bond donors (Lipinski definition) is 0. The van der Waals surface area contributed by atoms with E-state index in [1.807, 2.05) is 26.8 Å². The van der Waals surface area contributed by atoms with E-state index in [0.717, 1.165) is 57.1 Å². The van der Waals surface area contributed by atoms with Crippen LogP contribution < -0.4 is 4.90 Å². The van der Waals surface area contributed by atoms with Crippen molar-refractivity contribution < 1.29 is 22.7 Å². The lowest BCUT2D eigenvalue weighted by Crippen LogP contribution is -2.50. The number of aryl methyl sites for hydroxylation is 3. The van der Waals surface area contributed by atoms with Crippen LogP contribution in [0.5, 0.6) is 0 Å². The predicted molar refractivity (Wildman–Crippen MR) is 187 cm³/mol. The summed E-state index contributed by atoms with van der Waals surface area (Å²) in [6.07, 6.45) is 3.13. The maximum Gasteiger partial charge on any atom is 0.283 e. The number of aromatic nitrogens is 4. The van der Waals surface area contributed by atoms with Gasteiger partial charge in [-0.25, -0.2) is 9.97 Å². The molecule has 258 valence electrons. The lowest BCUT2D eigenvalue weighted by Gasteiger charge is -2.45. The zero-order chi connectivity index (χ0) is 34.8. The summed E-state index contributed by atoms with van der Waals surface area (Å²) in [6.45, 7) is 12.3. The fourth-order valence-electron chi connectivity index (χ4n) is 7.49. The minimum Gasteiger partial charge on any atom is -0.381 e. The minimum absolute atomic E-state index is 0.0369. The van der Waals surface area contributed by atoms with E-state index in [1.165, 1.54) is 0 Å². The Kier molecular flexibility index (Phi) is 8.38. The van der Waals surface area contributed by atoms with Crippen LogP contribution in [0.3, 0.4) is 0 Å². The molecule has 0 bridgehead atoms. The first-order valence-electron chi connectivity index (χ1n) is 17.1. The van der Waals surface area contributed by atoms with Gasteiger partial charge in [-0.1, -0.05) is 37.6 Å². The Labute approximate surface area is 287 Å². The summed E-state index contributed by atoms with van der Waals surface area (Å²) < 4.78 is 34.7. The molecule has 1 saturated heterocycles. The average molecular weight is 685 g/mol. The third kappa shape index (κ3) is 6.03. The van der Waals surface area contributed by atoms with E-state index < -0.39 is 10.0 Å². The standard InChI is InChI=1S/C37H44N6O5S/c1-22-7-12-26(13-8-22)49(46,47)43-29-14-9-23(2)33(34(29)24(3)40-43)35-38-28-15-17-41(32(45)19-30(44)25-10-11-25)20-27(28)36(39-35)42-18-16-31(48-6)37(4,5)21-42/h7-9,12-14,25,31H,10-11,15-21H2,1-6H3/t31-/m1/s1. The molecule has 11 nitrogen and oxygen atoms in total. The third-order valence-corrected chi connectivity index (χ3v) is 12.0. The average Bonchev–Trinajstić information content (AvgIpc) is 3.87. The predicted octanol–water partition coefficient (Wildman–Crippen LogP) is 5.16. The molecule has 7 rings (SSSR count). The molecular weight excluding hydrogens is 641 g/mol. The molecule has 2 fully saturated rings. The van der Waals surface area contributed by atoms with Gasteiger partial charge >= 0.3 is 0 Å². The molecule has 1 aliphatic carbocycles. The summed E-state index contributed by atoms with van der Waals surface area (Å²) in [7, 11) is -2.22. The third-order valence-electron chi connectivity index (χ3n) is 10.4. The van der Waals surface area contributed by atoms with Gasteiger partial charge in [0.25, 0.3) is 10.0 Å². The highest BCUT2D eigenvalue weighted by Crippen LogP contribution is 2.40. The first-order chi connectivity index (χ1) is 23.3. The summed E-state index contributed by atoms with van der Waals surface area (Å²) >= 11 is 0. The second-order valence-corrected chi connectivity index (χ2v) is 16.4. The molecular formula is C37H44N6O5S. The Morgan fingerprint density at radius 1 is 0.980 bits per heavy atom. The number of ketones is 1. The van der Waals surface area contributed by atoms with Gasteiger partial charge in [-0.2, -0.15) is 17.6 Å². The second kappa shape index (κ2) is 12.3. The highest BCUT2D eigenvalue weighted by Gasteiger charge is 2.39. The molecule has 2 aliphatic heterocycles. The Bertz CT molecular complexity index is 2080. The van der Waals surface area contributed by atoms with Crippen molar-refractivity contribution >= 4 is 38.4 Å². The number of nitrogens with zero attached hydrogens (tertiary/aromatic N) is 6. The quantitative estimate of drug-likeness (QED) is 0.231. The lowest BCUT2D eigenvalue weighted by atomic mass is 9.81. The maximum absolute atomic E-state index is 13.9. The van der Waals surface area contributed by atoms with E-state index in [1.54, 1.807) is 42.3 Å². The fraction of sp³-hybridized carbons (Fsp3) is 0.486. The number of methoxy groups -OCH3 is 1. The highest BCUT2D eigenvalue weighted by atomic mass is 32.2. The van der Waals surface area contributed by atoms with Crippen molar-refractivity contribution in [3.05, 3.63) is 64.5 Å². The van der Waals surface area contributed by atoms with Crippen LogP contribution >= 0.6 is 0 Å². The van der Waals surface area contributed by atoms with Gasteiger partial charge < -0.3 is 14.5 Å². The number of ether oxygens (including phenoxy) is 1. The number of fused-ring (bicyclic) bond motifs is 2. The molecule has 2 aromatic carbocycles. The zero-order valence-electron chi connectivity index (χ0n) is 29.1. The van der Waals surface area contributed by atoms with Crippen LogP contribution in [0.25, 0.3) is 22.3 Å². The molecule has 0 radical (unpaired) electrons. The van der Waals surface area contributed by atoms with Gasteiger partial charge in [0.05, 0.1) is 40.9 Å². The van der Waals surface area contributed by atoms with E-state index in [0.29, 0.717) is 55.0 Å². The molecule has 12 heteroatoms. The number of piperidine rings is 1. The molecule has 1 saturated carbocycles. The van der Waals surface area contributed by atoms with Crippen molar-refractivity contribution in [1.82, 2.24) is 24.1 Å². The van der Waals surface area contributed by atoms with E-state index in [4.69, 9.17) is 14.7 Å². The van der Waals surface area contributed by atoms with Crippen LogP contribution in [-0.4, -0.2) is 77.0 Å². The van der Waals surface area contributed by atoms with Crippen molar-refractivity contribution in [3.8, 4) is 11.4 Å². The molecule has 1 amide bonds. The topological polar surface area (TPSA) is 128 Å². The molecule has 0 unspecified atom stereocenters. The maximum atomic E-state index is 13.9. The minimum atomic E-state index is -3.98. The van der Waals surface area contributed by atoms with Crippen LogP contribution in [0, 0.1) is 32.1 Å². The molecule has 3 aliphatic rings. The second-order valence-electron chi connectivity index (χ2n) is 14.6. The monoisotopic (exact) mass is 684 g/mol. The first kappa shape index (κ1) is 33.3. The zero-order valence-corrected chi connectivity index (χ0v) is 29.9. The largest absolute Gasteiger partial charge is 0.381 e. The van der Waals surface area contributed by atoms with Gasteiger partial charge in [-0.15, -0.1) is 0 Å². The lowest BCUT2D eigenvalue weighted by molar-refractivity contribution is -0.136. The summed E-state index contributed by atoms with van der Waals surface area (Å²) in [5.74, 6) is 1.20. The Balaban J connectivity index is 1.34. The molecule has 1 atom stereocenters. The SMILES string of the molecule is CO[C@@H]1CCN(c2nc(-c3c(C)ccc4c3c(C)nn4S(=O)(=O)c3ccc(C)cc3)nc3c2CN(C(=O)CC(=O)C2CC2)CC3)CC1(C)C. The number of Topliss-reactive ketones (excluding diaryl/α,β-unsaturated/α-hetero) is 1. The Morgan fingerprint density at radius 3 is 2.39 bits per heavy atom. The van der Waals surface area contributed by atoms with E-state index in [9.17, 15) is 18.0 Å². The van der Waals surface area contributed by atoms with Crippen LogP contribution in [0.15, 0.2) is 41.3 Å². The fourth-order valence-corrected chi connectivity index (χ4v) is 8.81. The smallest absolute Gasteiger partial charge is 0.283 e. The van der Waals surface area contributed by atoms with Crippen LogP contribution in [0.4, 0.5) is 5.82 Å². The molecule has 4 aromatic rings. The van der Waals surface area contributed by atoms with Gasteiger partial charge in [0.15, 0.2) is 5.82 Å². The van der Waals surface area contributed by atoms with Crippen molar-refractivity contribution in [3.63, 3.8) is 0 Å². The molecule has 0 spiro atoms. The number of anilines is 1. The number of hydrogen-bond acceptors (Lipinski definition) is 9. The first-order valence-corrected chi connectivity index (χ1v) is 18.5. The van der Waals surface area contributed by atoms with Crippen LogP contribution in [0.2, 0.25) is 0 Å². The van der Waals surface area contributed by atoms with E-state index >= 15 is 0 Å². The Morgan fingerprint density at radius 2 is 1.71 bits per heavy atom. The van der Waals surface area contributed by atoms with Gasteiger partial charge in [-0.05, 0) is 63.8 Å². The van der Waals surface area contributed by atoms with Crippen LogP contribution in [0.1, 0.15) is 67.6 Å². The number of benzene rings is 2. The van der Waals surface area contributed by atoms with Gasteiger partial charge in [0.1, 0.15) is 11.6 Å². The van der Waals surface area contributed by atoms with Crippen molar-refractivity contribution in [2.45, 2.75) is 84.3 Å². The van der Waals surface area contributed by atoms with E-state index in [-0.39, 0.29) is 40.4 Å². The highest BCUT2D eigenvalue weighted by molar-refractivity contribution is 7.90. The Hall–Kier alpha value is -4.16. The normalized spacial score (nSPS) is 19.3. The summed E-state index contributed by atoms with van der Waals surface area (Å²) in [5, 5.41) is 5.26. The molecule has 49 heavy (non-hydrogen) atoms. The summed E-state index contributed by atoms with van der Waals surface area (Å²) in [5.41, 5.74) is 5.22. The number of carbonyl (C=O) groups is 2. The van der Waals surface area contributed by atoms with Gasteiger partial charge in [0.2, 0.25) is 5.91 Å². The molecule has 4 heterocycles. The summed E-state index contributed by atoms with van der Waals surface area (Å²) in [6, 6.07) is 10.5. The summed E-state index contributed by atoms with van der Waals surface area (Å²) in [4.78, 5) is 40.5. The van der Waals surface area contributed by atoms with Gasteiger partial charge in [0, 0.05) is 61.0 Å².